The molecule has 0 atom stereocenters. The highest BCUT2D eigenvalue weighted by atomic mass is 16.5. The molecule has 5 heteroatoms. The summed E-state index contributed by atoms with van der Waals surface area (Å²) in [5.41, 5.74) is 12.1. The highest BCUT2D eigenvalue weighted by molar-refractivity contribution is 6.98. The van der Waals surface area contributed by atoms with Crippen LogP contribution in [0.2, 0.25) is 0 Å². The van der Waals surface area contributed by atoms with Crippen molar-refractivity contribution in [1.82, 2.24) is 0 Å². The largest absolute Gasteiger partial charge is 0.458 e. The second-order valence-electron chi connectivity index (χ2n) is 15.9. The van der Waals surface area contributed by atoms with E-state index in [1.807, 2.05) is 127 Å². The summed E-state index contributed by atoms with van der Waals surface area (Å²) in [5.74, 6) is 6.62. The van der Waals surface area contributed by atoms with Crippen LogP contribution < -0.4 is 35.3 Å². The fraction of sp³-hybridized carbons (Fsp3) is 0.0164. The number of ether oxygens (including phenoxy) is 4. The van der Waals surface area contributed by atoms with Crippen molar-refractivity contribution in [2.24, 2.45) is 0 Å². The summed E-state index contributed by atoms with van der Waals surface area (Å²) in [6.45, 7) is 0.0519. The summed E-state index contributed by atoms with van der Waals surface area (Å²) in [4.78, 5) is 0. The first-order valence-electron chi connectivity index (χ1n) is 21.8. The lowest BCUT2D eigenvalue weighted by atomic mass is 9.34. The van der Waals surface area contributed by atoms with Crippen LogP contribution in [-0.4, -0.2) is 6.71 Å². The Kier molecular flexibility index (Phi) is 11.7. The summed E-state index contributed by atoms with van der Waals surface area (Å²) in [6.07, 6.45) is 0. The van der Waals surface area contributed by atoms with Gasteiger partial charge in [0.2, 0.25) is 0 Å². The Balaban J connectivity index is 0.000000153. The van der Waals surface area contributed by atoms with Gasteiger partial charge in [-0.25, -0.2) is 0 Å². The number of hydrogen-bond acceptors (Lipinski definition) is 4. The summed E-state index contributed by atoms with van der Waals surface area (Å²) in [5, 5.41) is 0. The minimum Gasteiger partial charge on any atom is -0.458 e. The molecule has 0 radical (unpaired) electrons. The molecule has 12 rings (SSSR count). The normalized spacial score (nSPS) is 11.4. The molecule has 0 spiro atoms. The van der Waals surface area contributed by atoms with E-state index in [2.05, 4.69) is 121 Å². The molecule has 0 aromatic heterocycles. The third-order valence-corrected chi connectivity index (χ3v) is 11.8. The molecule has 0 saturated carbocycles. The van der Waals surface area contributed by atoms with E-state index in [0.717, 1.165) is 96.0 Å². The second-order valence-corrected chi connectivity index (χ2v) is 15.9. The molecule has 0 amide bonds. The van der Waals surface area contributed by atoms with Crippen LogP contribution in [0.25, 0.3) is 44.5 Å². The van der Waals surface area contributed by atoms with E-state index in [0.29, 0.717) is 0 Å². The van der Waals surface area contributed by atoms with Crippen molar-refractivity contribution < 1.29 is 18.9 Å². The van der Waals surface area contributed by atoms with E-state index >= 15 is 0 Å². The van der Waals surface area contributed by atoms with Gasteiger partial charge in [0.1, 0.15) is 46.0 Å². The molecular formula is C61H45BO4. The smallest absolute Gasteiger partial charge is 0.260 e. The van der Waals surface area contributed by atoms with E-state index in [1.165, 1.54) is 10.9 Å². The molecule has 2 aliphatic rings. The zero-order chi connectivity index (χ0) is 43.4. The monoisotopic (exact) mass is 852 g/mol. The first kappa shape index (κ1) is 41.5. The zero-order valence-corrected chi connectivity index (χ0v) is 35.4. The molecule has 66 heavy (non-hydrogen) atoms. The Labute approximate surface area is 387 Å². The van der Waals surface area contributed by atoms with Crippen molar-refractivity contribution in [2.75, 3.05) is 0 Å². The maximum absolute atomic E-state index is 6.64. The van der Waals surface area contributed by atoms with Crippen molar-refractivity contribution in [2.45, 2.75) is 7.43 Å². The molecular weight excluding hydrogens is 807 g/mol. The van der Waals surface area contributed by atoms with Crippen molar-refractivity contribution in [3.05, 3.63) is 249 Å². The van der Waals surface area contributed by atoms with Gasteiger partial charge < -0.3 is 18.9 Å². The molecule has 4 nitrogen and oxygen atoms in total. The Morgan fingerprint density at radius 3 is 0.985 bits per heavy atom. The van der Waals surface area contributed by atoms with Crippen molar-refractivity contribution in [3.63, 3.8) is 0 Å². The van der Waals surface area contributed by atoms with Gasteiger partial charge >= 0.3 is 0 Å². The number of rotatable bonds is 8. The maximum Gasteiger partial charge on any atom is 0.260 e. The minimum atomic E-state index is 0. The topological polar surface area (TPSA) is 36.9 Å². The van der Waals surface area contributed by atoms with Crippen LogP contribution in [0.15, 0.2) is 249 Å². The molecule has 10 aromatic rings. The lowest BCUT2D eigenvalue weighted by molar-refractivity contribution is 0.462. The predicted molar refractivity (Wildman–Crippen MR) is 272 cm³/mol. The van der Waals surface area contributed by atoms with Gasteiger partial charge in [0, 0.05) is 33.8 Å². The first-order chi connectivity index (χ1) is 32.2. The van der Waals surface area contributed by atoms with Gasteiger partial charge in [-0.05, 0) is 81.7 Å². The Morgan fingerprint density at radius 1 is 0.303 bits per heavy atom. The van der Waals surface area contributed by atoms with Gasteiger partial charge in [-0.1, -0.05) is 202 Å². The molecule has 0 unspecified atom stereocenters. The molecule has 0 fully saturated rings. The standard InChI is InChI=1S/C30H19BO2.C30H22O2.CH4/c1-3-11-20(12-4-1)22-19-23(21-13-5-2-6-14-21)30-28-29(22)32-26-17-9-7-15-24(26)31(28)25-16-8-10-18-27(25)33-30;1-5-13-23(14-6-1)27-21-28(24-15-7-2-8-16-24)30(32-26-19-11-4-12-20-26)22-29(27)31-25-17-9-3-10-18-25;/h1-19H;1-22H;1H4. The number of fused-ring (bicyclic) bond motifs is 4. The van der Waals surface area contributed by atoms with Gasteiger partial charge in [0.05, 0.1) is 0 Å². The van der Waals surface area contributed by atoms with E-state index in [-0.39, 0.29) is 14.1 Å². The fourth-order valence-electron chi connectivity index (χ4n) is 8.79. The van der Waals surface area contributed by atoms with Crippen molar-refractivity contribution in [3.8, 4) is 90.5 Å². The van der Waals surface area contributed by atoms with Gasteiger partial charge in [-0.3, -0.25) is 0 Å². The number of para-hydroxylation sites is 4. The summed E-state index contributed by atoms with van der Waals surface area (Å²) < 4.78 is 26.0. The predicted octanol–water partition coefficient (Wildman–Crippen LogP) is 15.0. The van der Waals surface area contributed by atoms with Crippen LogP contribution >= 0.6 is 0 Å². The number of benzene rings is 10. The van der Waals surface area contributed by atoms with E-state index in [9.17, 15) is 0 Å². The van der Waals surface area contributed by atoms with Crippen LogP contribution in [0.5, 0.6) is 46.0 Å². The van der Waals surface area contributed by atoms with Crippen LogP contribution in [0, 0.1) is 0 Å². The van der Waals surface area contributed by atoms with Gasteiger partial charge in [0.15, 0.2) is 0 Å². The van der Waals surface area contributed by atoms with Gasteiger partial charge in [0.25, 0.3) is 6.71 Å². The average Bonchev–Trinajstić information content (AvgIpc) is 3.38. The molecule has 10 aromatic carbocycles. The maximum atomic E-state index is 6.64. The summed E-state index contributed by atoms with van der Waals surface area (Å²) >= 11 is 0. The van der Waals surface area contributed by atoms with Crippen LogP contribution in [0.1, 0.15) is 7.43 Å². The Morgan fingerprint density at radius 2 is 0.606 bits per heavy atom. The molecule has 0 N–H and O–H groups in total. The highest BCUT2D eigenvalue weighted by Gasteiger charge is 2.42. The fourth-order valence-corrected chi connectivity index (χ4v) is 8.79. The highest BCUT2D eigenvalue weighted by Crippen LogP contribution is 2.47. The minimum absolute atomic E-state index is 0. The third-order valence-electron chi connectivity index (χ3n) is 11.8. The lowest BCUT2D eigenvalue weighted by Gasteiger charge is -2.35. The quantitative estimate of drug-likeness (QED) is 0.143. The second kappa shape index (κ2) is 18.7. The SMILES string of the molecule is C.c1ccc(-c2cc(-c3ccccc3)c3c4c2Oc2ccccc2B4c2ccccc2O3)cc1.c1ccc(Oc2cc(Oc3ccccc3)c(-c3ccccc3)cc2-c2ccccc2)cc1. The first-order valence-corrected chi connectivity index (χ1v) is 21.8. The Bertz CT molecular complexity index is 3020. The van der Waals surface area contributed by atoms with Gasteiger partial charge in [-0.2, -0.15) is 0 Å². The van der Waals surface area contributed by atoms with Crippen LogP contribution in [0.4, 0.5) is 0 Å². The Hall–Kier alpha value is -8.54. The summed E-state index contributed by atoms with van der Waals surface area (Å²) in [7, 11) is 0. The van der Waals surface area contributed by atoms with Crippen molar-refractivity contribution >= 4 is 23.1 Å². The van der Waals surface area contributed by atoms with E-state index < -0.39 is 0 Å². The van der Waals surface area contributed by atoms with Crippen LogP contribution in [-0.2, 0) is 0 Å². The lowest BCUT2D eigenvalue weighted by Crippen LogP contribution is -2.57. The summed E-state index contributed by atoms with van der Waals surface area (Å²) in [6, 6.07) is 84.3. The van der Waals surface area contributed by atoms with E-state index in [1.54, 1.807) is 0 Å². The molecule has 316 valence electrons. The van der Waals surface area contributed by atoms with Gasteiger partial charge in [-0.15, -0.1) is 0 Å². The zero-order valence-electron chi connectivity index (χ0n) is 35.4. The molecule has 0 bridgehead atoms. The third kappa shape index (κ3) is 8.22. The molecule has 2 aliphatic heterocycles. The molecule has 0 saturated heterocycles. The molecule has 0 aliphatic carbocycles. The van der Waals surface area contributed by atoms with E-state index in [4.69, 9.17) is 18.9 Å². The molecule has 2 heterocycles. The van der Waals surface area contributed by atoms with Crippen LogP contribution in [0.3, 0.4) is 0 Å². The van der Waals surface area contributed by atoms with Crippen molar-refractivity contribution in [1.29, 1.82) is 0 Å². The average molecular weight is 853 g/mol. The number of hydrogen-bond donors (Lipinski definition) is 0.